The fourth-order valence-electron chi connectivity index (χ4n) is 3.82. The number of carbonyl (C=O) groups excluding carboxylic acids is 2. The summed E-state index contributed by atoms with van der Waals surface area (Å²) < 4.78 is 11.6. The first-order valence-corrected chi connectivity index (χ1v) is 11.9. The Hall–Kier alpha value is -4.37. The van der Waals surface area contributed by atoms with Gasteiger partial charge in [0.25, 0.3) is 11.6 Å². The average Bonchev–Trinajstić information content (AvgIpc) is 3.11. The van der Waals surface area contributed by atoms with Gasteiger partial charge in [0, 0.05) is 12.1 Å². The molecule has 0 aliphatic carbocycles. The molecule has 10 heteroatoms. The van der Waals surface area contributed by atoms with Crippen LogP contribution in [0.15, 0.2) is 66.4 Å². The number of ether oxygens (including phenoxy) is 2. The summed E-state index contributed by atoms with van der Waals surface area (Å²) in [6, 6.07) is 16.4. The first-order valence-electron chi connectivity index (χ1n) is 11.5. The number of nitrogens with zero attached hydrogens (tertiary/aromatic N) is 2. The number of carbonyl (C=O) groups is 2. The van der Waals surface area contributed by atoms with Gasteiger partial charge in [0.05, 0.1) is 23.1 Å². The van der Waals surface area contributed by atoms with Gasteiger partial charge in [-0.2, -0.15) is 0 Å². The number of nitro groups is 1. The molecular weight excluding hydrogens is 498 g/mol. The quantitative estimate of drug-likeness (QED) is 0.169. The summed E-state index contributed by atoms with van der Waals surface area (Å²) in [6.45, 7) is 4.36. The van der Waals surface area contributed by atoms with Crippen LogP contribution >= 0.6 is 11.6 Å². The summed E-state index contributed by atoms with van der Waals surface area (Å²) in [5.74, 6) is 0.211. The van der Waals surface area contributed by atoms with Crippen molar-refractivity contribution in [3.8, 4) is 11.5 Å². The van der Waals surface area contributed by atoms with Crippen LogP contribution in [0.2, 0.25) is 5.02 Å². The number of imide groups is 1. The normalized spacial score (nSPS) is 14.1. The molecule has 0 spiro atoms. The Kier molecular flexibility index (Phi) is 7.74. The van der Waals surface area contributed by atoms with Crippen LogP contribution in [-0.4, -0.2) is 28.4 Å². The summed E-state index contributed by atoms with van der Waals surface area (Å²) in [5.41, 5.74) is 3.24. The highest BCUT2D eigenvalue weighted by atomic mass is 35.5. The van der Waals surface area contributed by atoms with Gasteiger partial charge in [0.1, 0.15) is 12.3 Å². The molecule has 0 bridgehead atoms. The van der Waals surface area contributed by atoms with Gasteiger partial charge >= 0.3 is 6.03 Å². The smallest absolute Gasteiger partial charge is 0.329 e. The van der Waals surface area contributed by atoms with Gasteiger partial charge < -0.3 is 14.8 Å². The Morgan fingerprint density at radius 2 is 1.81 bits per heavy atom. The monoisotopic (exact) mass is 521 g/mol. The van der Waals surface area contributed by atoms with Crippen LogP contribution in [0.25, 0.3) is 6.08 Å². The molecule has 3 aromatic rings. The van der Waals surface area contributed by atoms with Crippen molar-refractivity contribution in [3.63, 3.8) is 0 Å². The van der Waals surface area contributed by atoms with E-state index in [0.717, 1.165) is 16.0 Å². The molecule has 0 aromatic heterocycles. The number of nitrogens with one attached hydrogen (secondary N) is 1. The SMILES string of the molecule is CCOc1cc(/C=C2/NC(=O)N(Cc3cccc(C)c3)C2=O)cc(Cl)c1OCc1ccc([N+](=O)[O-])cc1. The van der Waals surface area contributed by atoms with E-state index in [-0.39, 0.29) is 29.6 Å². The second kappa shape index (κ2) is 11.1. The lowest BCUT2D eigenvalue weighted by atomic mass is 10.1. The van der Waals surface area contributed by atoms with Gasteiger partial charge in [-0.25, -0.2) is 4.79 Å². The number of hydrogen-bond donors (Lipinski definition) is 1. The molecule has 1 saturated heterocycles. The zero-order chi connectivity index (χ0) is 26.5. The van der Waals surface area contributed by atoms with Crippen molar-refractivity contribution >= 4 is 35.3 Å². The lowest BCUT2D eigenvalue weighted by Crippen LogP contribution is -2.30. The van der Waals surface area contributed by atoms with E-state index in [2.05, 4.69) is 5.32 Å². The number of aryl methyl sites for hydroxylation is 1. The third-order valence-electron chi connectivity index (χ3n) is 5.56. The maximum atomic E-state index is 12.9. The van der Waals surface area contributed by atoms with Crippen molar-refractivity contribution in [1.29, 1.82) is 0 Å². The Labute approximate surface area is 218 Å². The Bertz CT molecular complexity index is 1390. The standard InChI is InChI=1S/C27H24ClN3O6/c1-3-36-24-14-20(12-22(28)25(24)37-16-18-7-9-21(10-8-18)31(34)35)13-23-26(32)30(27(33)29-23)15-19-6-4-5-17(2)11-19/h4-14H,3,15-16H2,1-2H3,(H,29,33)/b23-13+. The van der Waals surface area contributed by atoms with Crippen molar-refractivity contribution in [2.24, 2.45) is 0 Å². The van der Waals surface area contributed by atoms with E-state index in [0.29, 0.717) is 29.2 Å². The van der Waals surface area contributed by atoms with E-state index in [4.69, 9.17) is 21.1 Å². The molecule has 37 heavy (non-hydrogen) atoms. The minimum absolute atomic E-state index is 0.0137. The van der Waals surface area contributed by atoms with Crippen LogP contribution in [-0.2, 0) is 17.9 Å². The van der Waals surface area contributed by atoms with Crippen molar-refractivity contribution in [3.05, 3.63) is 104 Å². The van der Waals surface area contributed by atoms with Gasteiger partial charge in [0.15, 0.2) is 11.5 Å². The Balaban J connectivity index is 1.53. The minimum atomic E-state index is -0.503. The van der Waals surface area contributed by atoms with Crippen molar-refractivity contribution in [2.75, 3.05) is 6.61 Å². The summed E-state index contributed by atoms with van der Waals surface area (Å²) in [4.78, 5) is 37.0. The fraction of sp³-hybridized carbons (Fsp3) is 0.185. The van der Waals surface area contributed by atoms with Gasteiger partial charge in [-0.05, 0) is 60.9 Å². The van der Waals surface area contributed by atoms with Crippen molar-refractivity contribution in [1.82, 2.24) is 10.2 Å². The van der Waals surface area contributed by atoms with E-state index in [1.807, 2.05) is 38.1 Å². The molecule has 0 atom stereocenters. The van der Waals surface area contributed by atoms with Crippen molar-refractivity contribution < 1.29 is 24.0 Å². The van der Waals surface area contributed by atoms with E-state index >= 15 is 0 Å². The molecule has 0 radical (unpaired) electrons. The Morgan fingerprint density at radius 3 is 2.49 bits per heavy atom. The zero-order valence-electron chi connectivity index (χ0n) is 20.2. The van der Waals surface area contributed by atoms with E-state index in [1.54, 1.807) is 24.3 Å². The first kappa shape index (κ1) is 25.7. The number of urea groups is 1. The number of hydrogen-bond acceptors (Lipinski definition) is 6. The van der Waals surface area contributed by atoms with Crippen LogP contribution in [0.1, 0.15) is 29.2 Å². The van der Waals surface area contributed by atoms with Crippen molar-refractivity contribution in [2.45, 2.75) is 27.0 Å². The number of nitro benzene ring substituents is 1. The van der Waals surface area contributed by atoms with E-state index in [1.165, 1.54) is 18.2 Å². The molecule has 4 rings (SSSR count). The molecular formula is C27H24ClN3O6. The van der Waals surface area contributed by atoms with Crippen LogP contribution in [0.4, 0.5) is 10.5 Å². The molecule has 1 fully saturated rings. The number of non-ortho nitro benzene ring substituents is 1. The molecule has 9 nitrogen and oxygen atoms in total. The van der Waals surface area contributed by atoms with Gasteiger partial charge in [-0.3, -0.25) is 19.8 Å². The molecule has 1 heterocycles. The van der Waals surface area contributed by atoms with Gasteiger partial charge in [0.2, 0.25) is 0 Å². The van der Waals surface area contributed by atoms with E-state index < -0.39 is 16.9 Å². The lowest BCUT2D eigenvalue weighted by Gasteiger charge is -2.15. The molecule has 3 amide bonds. The van der Waals surface area contributed by atoms with Crippen LogP contribution < -0.4 is 14.8 Å². The topological polar surface area (TPSA) is 111 Å². The average molecular weight is 522 g/mol. The number of halogens is 1. The molecule has 1 aliphatic heterocycles. The van der Waals surface area contributed by atoms with E-state index in [9.17, 15) is 19.7 Å². The minimum Gasteiger partial charge on any atom is -0.490 e. The molecule has 190 valence electrons. The van der Waals surface area contributed by atoms with Gasteiger partial charge in [-0.15, -0.1) is 0 Å². The lowest BCUT2D eigenvalue weighted by molar-refractivity contribution is -0.384. The molecule has 0 unspecified atom stereocenters. The highest BCUT2D eigenvalue weighted by Gasteiger charge is 2.33. The highest BCUT2D eigenvalue weighted by molar-refractivity contribution is 6.32. The number of amides is 3. The summed E-state index contributed by atoms with van der Waals surface area (Å²) in [5, 5.41) is 13.7. The molecule has 1 N–H and O–H groups in total. The summed E-state index contributed by atoms with van der Waals surface area (Å²) in [7, 11) is 0. The van der Waals surface area contributed by atoms with Crippen LogP contribution in [0.5, 0.6) is 11.5 Å². The third-order valence-corrected chi connectivity index (χ3v) is 5.84. The summed E-state index contributed by atoms with van der Waals surface area (Å²) in [6.07, 6.45) is 1.53. The molecule has 1 aliphatic rings. The highest BCUT2D eigenvalue weighted by Crippen LogP contribution is 2.38. The van der Waals surface area contributed by atoms with Gasteiger partial charge in [-0.1, -0.05) is 41.4 Å². The largest absolute Gasteiger partial charge is 0.490 e. The second-order valence-electron chi connectivity index (χ2n) is 8.34. The predicted molar refractivity (Wildman–Crippen MR) is 138 cm³/mol. The first-order chi connectivity index (χ1) is 17.7. The molecule has 3 aromatic carbocycles. The number of rotatable bonds is 9. The fourth-order valence-corrected chi connectivity index (χ4v) is 4.09. The maximum Gasteiger partial charge on any atom is 0.329 e. The maximum absolute atomic E-state index is 12.9. The number of benzene rings is 3. The summed E-state index contributed by atoms with van der Waals surface area (Å²) >= 11 is 6.50. The predicted octanol–water partition coefficient (Wildman–Crippen LogP) is 5.63. The Morgan fingerprint density at radius 1 is 1.05 bits per heavy atom. The van der Waals surface area contributed by atoms with Crippen LogP contribution in [0.3, 0.4) is 0 Å². The third kappa shape index (κ3) is 6.07. The molecule has 0 saturated carbocycles. The zero-order valence-corrected chi connectivity index (χ0v) is 20.9. The second-order valence-corrected chi connectivity index (χ2v) is 8.75. The van der Waals surface area contributed by atoms with Crippen LogP contribution in [0, 0.1) is 17.0 Å².